The Labute approximate surface area is 153 Å². The van der Waals surface area contributed by atoms with Gasteiger partial charge in [-0.1, -0.05) is 30.3 Å². The zero-order valence-corrected chi connectivity index (χ0v) is 15.5. The van der Waals surface area contributed by atoms with Gasteiger partial charge in [-0.25, -0.2) is 0 Å². The monoisotopic (exact) mass is 352 g/mol. The maximum atomic E-state index is 11.9. The van der Waals surface area contributed by atoms with Crippen LogP contribution < -0.4 is 15.4 Å². The molecule has 2 atom stereocenters. The fraction of sp³-hybridized carbons (Fsp3) is 0.286. The van der Waals surface area contributed by atoms with Crippen molar-refractivity contribution in [3.63, 3.8) is 0 Å². The van der Waals surface area contributed by atoms with Crippen LogP contribution in [0.2, 0.25) is 0 Å². The highest BCUT2D eigenvalue weighted by Gasteiger charge is 2.23. The fourth-order valence-corrected chi connectivity index (χ4v) is 3.34. The number of nitrogens with one attached hydrogen (secondary N) is 2. The summed E-state index contributed by atoms with van der Waals surface area (Å²) in [6.07, 6.45) is 2.08. The number of rotatable bonds is 7. The van der Waals surface area contributed by atoms with Crippen molar-refractivity contribution < 1.29 is 14.8 Å². The zero-order chi connectivity index (χ0) is 18.5. The topological polar surface area (TPSA) is 70.7 Å². The average Bonchev–Trinajstić information content (AvgIpc) is 3.12. The first-order chi connectivity index (χ1) is 12.6. The minimum atomic E-state index is -0.133. The molecule has 0 unspecified atom stereocenters. The summed E-state index contributed by atoms with van der Waals surface area (Å²) in [4.78, 5) is 15.2. The van der Waals surface area contributed by atoms with Crippen LogP contribution in [0.15, 0.2) is 54.7 Å². The van der Waals surface area contributed by atoms with Gasteiger partial charge >= 0.3 is 0 Å². The summed E-state index contributed by atoms with van der Waals surface area (Å²) in [6.45, 7) is 2.71. The van der Waals surface area contributed by atoms with Crippen LogP contribution in [-0.2, 0) is 4.79 Å². The summed E-state index contributed by atoms with van der Waals surface area (Å²) in [5, 5.41) is 6.02. The van der Waals surface area contributed by atoms with E-state index < -0.39 is 0 Å². The standard InChI is InChI=1S/C21H25N3O2/c1-14(21(25)22-2)23-12-18(15-8-10-16(26-3)11-9-15)19-13-24-20-7-5-4-6-17(19)20/h4-11,13-14,18,23-24H,12H2,1-3H3,(H,22,25)/p+1/t14-,18-/m1/s1. The highest BCUT2D eigenvalue weighted by atomic mass is 16.5. The Balaban J connectivity index is 1.94. The summed E-state index contributed by atoms with van der Waals surface area (Å²) in [5.41, 5.74) is 3.57. The van der Waals surface area contributed by atoms with E-state index in [1.54, 1.807) is 14.2 Å². The van der Waals surface area contributed by atoms with Gasteiger partial charge in [-0.2, -0.15) is 0 Å². The lowest BCUT2D eigenvalue weighted by molar-refractivity contribution is -0.674. The third-order valence-corrected chi connectivity index (χ3v) is 4.90. The van der Waals surface area contributed by atoms with Crippen molar-refractivity contribution in [3.8, 4) is 5.75 Å². The second kappa shape index (κ2) is 8.06. The molecule has 0 aliphatic heterocycles. The summed E-state index contributed by atoms with van der Waals surface area (Å²) >= 11 is 0. The number of H-pyrrole nitrogens is 1. The van der Waals surface area contributed by atoms with Gasteiger partial charge in [-0.05, 0) is 36.2 Å². The molecule has 3 aromatic rings. The second-order valence-electron chi connectivity index (χ2n) is 6.49. The van der Waals surface area contributed by atoms with Gasteiger partial charge in [0.25, 0.3) is 5.91 Å². The van der Waals surface area contributed by atoms with Gasteiger partial charge in [0, 0.05) is 24.1 Å². The van der Waals surface area contributed by atoms with Crippen molar-refractivity contribution in [3.05, 3.63) is 65.9 Å². The number of fused-ring (bicyclic) bond motifs is 1. The number of quaternary nitrogens is 1. The molecule has 0 radical (unpaired) electrons. The third-order valence-electron chi connectivity index (χ3n) is 4.90. The van der Waals surface area contributed by atoms with E-state index in [0.29, 0.717) is 0 Å². The molecule has 0 fully saturated rings. The van der Waals surface area contributed by atoms with Crippen LogP contribution in [0.3, 0.4) is 0 Å². The molecule has 0 spiro atoms. The van der Waals surface area contributed by atoms with E-state index in [-0.39, 0.29) is 17.9 Å². The van der Waals surface area contributed by atoms with E-state index in [2.05, 4.69) is 52.1 Å². The number of aromatic nitrogens is 1. The van der Waals surface area contributed by atoms with Gasteiger partial charge < -0.3 is 20.4 Å². The lowest BCUT2D eigenvalue weighted by Crippen LogP contribution is -2.92. The Kier molecular flexibility index (Phi) is 5.58. The van der Waals surface area contributed by atoms with Gasteiger partial charge in [0.05, 0.1) is 19.6 Å². The van der Waals surface area contributed by atoms with Crippen LogP contribution in [0.1, 0.15) is 24.0 Å². The van der Waals surface area contributed by atoms with E-state index >= 15 is 0 Å². The SMILES string of the molecule is CNC(=O)[C@@H](C)[NH2+]C[C@H](c1ccc(OC)cc1)c1c[nH]c2ccccc12. The van der Waals surface area contributed by atoms with Crippen LogP contribution in [0.25, 0.3) is 10.9 Å². The normalized spacial score (nSPS) is 13.3. The molecule has 1 amide bonds. The van der Waals surface area contributed by atoms with Crippen molar-refractivity contribution in [1.29, 1.82) is 0 Å². The minimum absolute atomic E-state index is 0.0393. The lowest BCUT2D eigenvalue weighted by atomic mass is 9.90. The molecule has 26 heavy (non-hydrogen) atoms. The maximum absolute atomic E-state index is 11.9. The summed E-state index contributed by atoms with van der Waals surface area (Å²) < 4.78 is 5.29. The first-order valence-electron chi connectivity index (χ1n) is 8.89. The Morgan fingerprint density at radius 2 is 1.92 bits per heavy atom. The van der Waals surface area contributed by atoms with Gasteiger partial charge in [0.2, 0.25) is 0 Å². The molecule has 2 aromatic carbocycles. The number of likely N-dealkylation sites (N-methyl/N-ethyl adjacent to an activating group) is 1. The largest absolute Gasteiger partial charge is 0.497 e. The van der Waals surface area contributed by atoms with E-state index in [1.807, 2.05) is 25.1 Å². The van der Waals surface area contributed by atoms with Gasteiger partial charge in [-0.3, -0.25) is 4.79 Å². The minimum Gasteiger partial charge on any atom is -0.497 e. The predicted molar refractivity (Wildman–Crippen MR) is 103 cm³/mol. The quantitative estimate of drug-likeness (QED) is 0.609. The van der Waals surface area contributed by atoms with E-state index in [4.69, 9.17) is 4.74 Å². The number of para-hydroxylation sites is 1. The van der Waals surface area contributed by atoms with Crippen molar-refractivity contribution in [2.75, 3.05) is 20.7 Å². The number of carbonyl (C=O) groups is 1. The number of carbonyl (C=O) groups excluding carboxylic acids is 1. The first kappa shape index (κ1) is 18.0. The molecule has 5 heteroatoms. The number of nitrogens with two attached hydrogens (primary N) is 1. The molecule has 0 aliphatic rings. The Hall–Kier alpha value is -2.79. The fourth-order valence-electron chi connectivity index (χ4n) is 3.34. The highest BCUT2D eigenvalue weighted by molar-refractivity contribution is 5.84. The first-order valence-corrected chi connectivity index (χ1v) is 8.89. The van der Waals surface area contributed by atoms with Crippen LogP contribution in [-0.4, -0.2) is 37.6 Å². The lowest BCUT2D eigenvalue weighted by Gasteiger charge is -2.18. The van der Waals surface area contributed by atoms with Crippen molar-refractivity contribution >= 4 is 16.8 Å². The molecule has 0 aliphatic carbocycles. The van der Waals surface area contributed by atoms with Crippen molar-refractivity contribution in [1.82, 2.24) is 10.3 Å². The van der Waals surface area contributed by atoms with Crippen LogP contribution in [0, 0.1) is 0 Å². The number of aromatic amines is 1. The Morgan fingerprint density at radius 1 is 1.19 bits per heavy atom. The molecular weight excluding hydrogens is 326 g/mol. The Morgan fingerprint density at radius 3 is 2.62 bits per heavy atom. The maximum Gasteiger partial charge on any atom is 0.277 e. The molecule has 5 nitrogen and oxygen atoms in total. The van der Waals surface area contributed by atoms with Crippen LogP contribution in [0.4, 0.5) is 0 Å². The molecule has 4 N–H and O–H groups in total. The number of methoxy groups -OCH3 is 1. The average molecular weight is 352 g/mol. The highest BCUT2D eigenvalue weighted by Crippen LogP contribution is 2.30. The van der Waals surface area contributed by atoms with E-state index in [9.17, 15) is 4.79 Å². The van der Waals surface area contributed by atoms with Gasteiger partial charge in [0.1, 0.15) is 5.75 Å². The van der Waals surface area contributed by atoms with Gasteiger partial charge in [0.15, 0.2) is 6.04 Å². The molecule has 136 valence electrons. The second-order valence-corrected chi connectivity index (χ2v) is 6.49. The van der Waals surface area contributed by atoms with E-state index in [0.717, 1.165) is 17.8 Å². The summed E-state index contributed by atoms with van der Waals surface area (Å²) in [6, 6.07) is 16.4. The number of ether oxygens (including phenoxy) is 1. The van der Waals surface area contributed by atoms with Gasteiger partial charge in [-0.15, -0.1) is 0 Å². The van der Waals surface area contributed by atoms with E-state index in [1.165, 1.54) is 16.5 Å². The zero-order valence-electron chi connectivity index (χ0n) is 15.5. The molecule has 0 bridgehead atoms. The number of benzene rings is 2. The smallest absolute Gasteiger partial charge is 0.277 e. The third kappa shape index (κ3) is 3.73. The van der Waals surface area contributed by atoms with Crippen LogP contribution >= 0.6 is 0 Å². The molecule has 0 saturated carbocycles. The number of amides is 1. The van der Waals surface area contributed by atoms with Crippen LogP contribution in [0.5, 0.6) is 5.75 Å². The predicted octanol–water partition coefficient (Wildman–Crippen LogP) is 2.01. The molecule has 1 heterocycles. The molecular formula is C21H26N3O2+. The number of hydrogen-bond donors (Lipinski definition) is 3. The van der Waals surface area contributed by atoms with Crippen molar-refractivity contribution in [2.24, 2.45) is 0 Å². The summed E-state index contributed by atoms with van der Waals surface area (Å²) in [5.74, 6) is 1.05. The Bertz CT molecular complexity index is 870. The molecule has 0 saturated heterocycles. The summed E-state index contributed by atoms with van der Waals surface area (Å²) in [7, 11) is 3.35. The number of hydrogen-bond acceptors (Lipinski definition) is 2. The molecule has 3 rings (SSSR count). The molecule has 1 aromatic heterocycles. The van der Waals surface area contributed by atoms with Crippen molar-refractivity contribution in [2.45, 2.75) is 18.9 Å².